The van der Waals surface area contributed by atoms with Crippen LogP contribution in [0.15, 0.2) is 71.6 Å². The van der Waals surface area contributed by atoms with Gasteiger partial charge in [0.25, 0.3) is 15.7 Å². The van der Waals surface area contributed by atoms with Gasteiger partial charge < -0.3 is 4.74 Å². The van der Waals surface area contributed by atoms with E-state index in [0.29, 0.717) is 0 Å². The minimum absolute atomic E-state index is 0.138. The molecule has 0 heterocycles. The van der Waals surface area contributed by atoms with Crippen LogP contribution in [0.2, 0.25) is 0 Å². The molecule has 0 aromatic heterocycles. The van der Waals surface area contributed by atoms with Gasteiger partial charge in [-0.3, -0.25) is 19.6 Å². The van der Waals surface area contributed by atoms with E-state index in [0.717, 1.165) is 18.2 Å². The van der Waals surface area contributed by atoms with Crippen molar-refractivity contribution in [1.82, 2.24) is 0 Å². The topological polar surface area (TPSA) is 133 Å². The fourth-order valence-corrected chi connectivity index (χ4v) is 3.93. The van der Waals surface area contributed by atoms with Crippen molar-refractivity contribution in [3.63, 3.8) is 0 Å². The van der Waals surface area contributed by atoms with Crippen LogP contribution in [0.4, 0.5) is 15.8 Å². The lowest BCUT2D eigenvalue weighted by Crippen LogP contribution is -2.18. The molecule has 0 saturated heterocycles. The first kappa shape index (κ1) is 23.5. The average molecular weight is 472 g/mol. The number of anilines is 1. The molecule has 0 unspecified atom stereocenters. The molecule has 1 N–H and O–H groups in total. The van der Waals surface area contributed by atoms with Gasteiger partial charge in [-0.05, 0) is 49.4 Å². The summed E-state index contributed by atoms with van der Waals surface area (Å²) in [6, 6.07) is 13.6. The van der Waals surface area contributed by atoms with Crippen molar-refractivity contribution in [2.24, 2.45) is 0 Å². The Morgan fingerprint density at radius 2 is 1.73 bits per heavy atom. The third-order valence-corrected chi connectivity index (χ3v) is 5.94. The molecule has 0 aliphatic carbocycles. The third-order valence-electron chi connectivity index (χ3n) is 4.58. The standard InChI is InChI=1S/C22H17FN2O7S/c1-14-6-11-17(12-20(14)25(28)29)33(30,31)24-19-5-3-2-4-18(19)22(27)32-13-21(26)15-7-9-16(23)10-8-15/h2-12,24H,13H2,1H3. The minimum atomic E-state index is -4.29. The summed E-state index contributed by atoms with van der Waals surface area (Å²) in [4.78, 5) is 34.7. The van der Waals surface area contributed by atoms with Crippen LogP contribution in [-0.2, 0) is 14.8 Å². The van der Waals surface area contributed by atoms with Gasteiger partial charge in [-0.25, -0.2) is 17.6 Å². The molecule has 3 aromatic carbocycles. The van der Waals surface area contributed by atoms with Crippen molar-refractivity contribution < 1.29 is 32.1 Å². The summed E-state index contributed by atoms with van der Waals surface area (Å²) < 4.78 is 45.7. The zero-order valence-corrected chi connectivity index (χ0v) is 18.0. The van der Waals surface area contributed by atoms with Gasteiger partial charge in [0.05, 0.1) is 21.1 Å². The lowest BCUT2D eigenvalue weighted by molar-refractivity contribution is -0.385. The quantitative estimate of drug-likeness (QED) is 0.228. The Morgan fingerprint density at radius 3 is 2.39 bits per heavy atom. The van der Waals surface area contributed by atoms with Crippen molar-refractivity contribution in [3.05, 3.63) is 99.4 Å². The van der Waals surface area contributed by atoms with Gasteiger partial charge in [0.15, 0.2) is 12.4 Å². The SMILES string of the molecule is Cc1ccc(S(=O)(=O)Nc2ccccc2C(=O)OCC(=O)c2ccc(F)cc2)cc1[N+](=O)[O-]. The largest absolute Gasteiger partial charge is 0.454 e. The third kappa shape index (κ3) is 5.57. The van der Waals surface area contributed by atoms with Crippen LogP contribution in [0.5, 0.6) is 0 Å². The van der Waals surface area contributed by atoms with E-state index in [2.05, 4.69) is 4.72 Å². The molecule has 0 bridgehead atoms. The molecule has 0 radical (unpaired) electrons. The average Bonchev–Trinajstić information content (AvgIpc) is 2.77. The lowest BCUT2D eigenvalue weighted by Gasteiger charge is -2.12. The molecule has 0 amide bonds. The van der Waals surface area contributed by atoms with E-state index in [9.17, 15) is 32.5 Å². The number of nitrogens with one attached hydrogen (secondary N) is 1. The molecule has 0 fully saturated rings. The molecule has 0 aliphatic heterocycles. The maximum absolute atomic E-state index is 13.0. The molecule has 3 aromatic rings. The Morgan fingerprint density at radius 1 is 1.06 bits per heavy atom. The summed E-state index contributed by atoms with van der Waals surface area (Å²) >= 11 is 0. The molecule has 0 aliphatic rings. The van der Waals surface area contributed by atoms with Crippen LogP contribution in [-0.4, -0.2) is 31.7 Å². The summed E-state index contributed by atoms with van der Waals surface area (Å²) in [6.45, 7) is 0.830. The highest BCUT2D eigenvalue weighted by molar-refractivity contribution is 7.92. The number of esters is 1. The first-order valence-corrected chi connectivity index (χ1v) is 10.9. The number of hydrogen-bond acceptors (Lipinski definition) is 7. The molecule has 170 valence electrons. The van der Waals surface area contributed by atoms with Gasteiger partial charge in [0.1, 0.15) is 5.82 Å². The van der Waals surface area contributed by atoms with Gasteiger partial charge in [0, 0.05) is 17.2 Å². The number of halogens is 1. The number of nitro groups is 1. The van der Waals surface area contributed by atoms with Crippen LogP contribution < -0.4 is 4.72 Å². The number of rotatable bonds is 8. The van der Waals surface area contributed by atoms with E-state index >= 15 is 0 Å². The number of para-hydroxylation sites is 1. The van der Waals surface area contributed by atoms with E-state index < -0.39 is 39.1 Å². The number of nitrogens with zero attached hydrogens (tertiary/aromatic N) is 1. The van der Waals surface area contributed by atoms with Gasteiger partial charge >= 0.3 is 5.97 Å². The number of sulfonamides is 1. The van der Waals surface area contributed by atoms with E-state index in [1.807, 2.05) is 0 Å². The maximum Gasteiger partial charge on any atom is 0.340 e. The van der Waals surface area contributed by atoms with Crippen molar-refractivity contribution in [2.75, 3.05) is 11.3 Å². The van der Waals surface area contributed by atoms with Gasteiger partial charge in [0.2, 0.25) is 0 Å². The highest BCUT2D eigenvalue weighted by atomic mass is 32.2. The lowest BCUT2D eigenvalue weighted by atomic mass is 10.1. The molecule has 33 heavy (non-hydrogen) atoms. The Balaban J connectivity index is 1.79. The number of ether oxygens (including phenoxy) is 1. The Bertz CT molecular complexity index is 1340. The van der Waals surface area contributed by atoms with E-state index in [1.54, 1.807) is 0 Å². The number of carbonyl (C=O) groups is 2. The zero-order valence-electron chi connectivity index (χ0n) is 17.1. The Kier molecular flexibility index (Phi) is 6.83. The molecule has 0 spiro atoms. The summed E-state index contributed by atoms with van der Waals surface area (Å²) in [6.07, 6.45) is 0. The van der Waals surface area contributed by atoms with Gasteiger partial charge in [-0.1, -0.05) is 18.2 Å². The molecule has 9 nitrogen and oxygen atoms in total. The number of ketones is 1. The number of carbonyl (C=O) groups excluding carboxylic acids is 2. The van der Waals surface area contributed by atoms with Crippen LogP contribution in [0.1, 0.15) is 26.3 Å². The number of aryl methyl sites for hydroxylation is 1. The molecule has 11 heteroatoms. The molecule has 0 saturated carbocycles. The highest BCUT2D eigenvalue weighted by Gasteiger charge is 2.23. The summed E-state index contributed by atoms with van der Waals surface area (Å²) in [5, 5.41) is 11.1. The number of nitro benzene ring substituents is 1. The highest BCUT2D eigenvalue weighted by Crippen LogP contribution is 2.25. The van der Waals surface area contributed by atoms with Crippen LogP contribution in [0.3, 0.4) is 0 Å². The van der Waals surface area contributed by atoms with E-state index in [-0.39, 0.29) is 33.0 Å². The number of Topliss-reactive ketones (excluding diaryl/α,β-unsaturated/α-hetero) is 1. The van der Waals surface area contributed by atoms with Crippen LogP contribution in [0.25, 0.3) is 0 Å². The minimum Gasteiger partial charge on any atom is -0.454 e. The first-order valence-electron chi connectivity index (χ1n) is 9.41. The summed E-state index contributed by atoms with van der Waals surface area (Å²) in [7, 11) is -4.29. The molecular weight excluding hydrogens is 455 g/mol. The van der Waals surface area contributed by atoms with Crippen molar-refractivity contribution in [1.29, 1.82) is 0 Å². The predicted molar refractivity (Wildman–Crippen MR) is 116 cm³/mol. The Labute approximate surface area is 188 Å². The molecular formula is C22H17FN2O7S. The summed E-state index contributed by atoms with van der Waals surface area (Å²) in [5.41, 5.74) is -0.257. The van der Waals surface area contributed by atoms with Crippen LogP contribution >= 0.6 is 0 Å². The fourth-order valence-electron chi connectivity index (χ4n) is 2.83. The number of benzene rings is 3. The second-order valence-electron chi connectivity index (χ2n) is 6.86. The van der Waals surface area contributed by atoms with E-state index in [1.165, 1.54) is 55.5 Å². The first-order chi connectivity index (χ1) is 15.6. The zero-order chi connectivity index (χ0) is 24.2. The maximum atomic E-state index is 13.0. The normalized spacial score (nSPS) is 11.0. The molecule has 3 rings (SSSR count). The number of hydrogen-bond donors (Lipinski definition) is 1. The monoisotopic (exact) mass is 472 g/mol. The van der Waals surface area contributed by atoms with E-state index in [4.69, 9.17) is 4.74 Å². The second kappa shape index (κ2) is 9.57. The van der Waals surface area contributed by atoms with Gasteiger partial charge in [-0.15, -0.1) is 0 Å². The molecule has 0 atom stereocenters. The van der Waals surface area contributed by atoms with Crippen molar-refractivity contribution >= 4 is 33.2 Å². The Hall–Kier alpha value is -4.12. The second-order valence-corrected chi connectivity index (χ2v) is 8.55. The van der Waals surface area contributed by atoms with Gasteiger partial charge in [-0.2, -0.15) is 0 Å². The van der Waals surface area contributed by atoms with Crippen molar-refractivity contribution in [3.8, 4) is 0 Å². The van der Waals surface area contributed by atoms with Crippen molar-refractivity contribution in [2.45, 2.75) is 11.8 Å². The summed E-state index contributed by atoms with van der Waals surface area (Å²) in [5.74, 6) is -2.07. The predicted octanol–water partition coefficient (Wildman–Crippen LogP) is 3.88. The van der Waals surface area contributed by atoms with Crippen LogP contribution in [0, 0.1) is 22.9 Å². The fraction of sp³-hybridized carbons (Fsp3) is 0.0909. The smallest absolute Gasteiger partial charge is 0.340 e.